The Morgan fingerprint density at radius 2 is 2.24 bits per heavy atom. The zero-order valence-electron chi connectivity index (χ0n) is 19.6. The minimum atomic E-state index is -4.71. The molecule has 17 heteroatoms. The van der Waals surface area contributed by atoms with E-state index >= 15 is 4.39 Å². The first-order valence-electron chi connectivity index (χ1n) is 10.4. The molecular weight excluding hydrogens is 512 g/mol. The summed E-state index contributed by atoms with van der Waals surface area (Å²) in [6.07, 6.45) is 7.80. The molecule has 1 aromatic carbocycles. The normalized spacial score (nSPS) is 21.3. The predicted molar refractivity (Wildman–Crippen MR) is 130 cm³/mol. The lowest BCUT2D eigenvalue weighted by Crippen LogP contribution is -2.43. The molecule has 0 aromatic heterocycles. The number of aliphatic imine (C=N–C) groups is 1. The molecule has 1 fully saturated rings. The molecule has 1 saturated heterocycles. The van der Waals surface area contributed by atoms with E-state index in [2.05, 4.69) is 25.6 Å². The van der Waals surface area contributed by atoms with Crippen LogP contribution in [0.15, 0.2) is 56.8 Å². The first kappa shape index (κ1) is 27.1. The summed E-state index contributed by atoms with van der Waals surface area (Å²) in [7, 11) is -1.43. The number of nitroso groups, excluding NO2 is 2. The van der Waals surface area contributed by atoms with Gasteiger partial charge in [0.05, 0.1) is 17.2 Å². The summed E-state index contributed by atoms with van der Waals surface area (Å²) >= 11 is 0. The van der Waals surface area contributed by atoms with Gasteiger partial charge in [0.15, 0.2) is 4.53 Å². The Hall–Kier alpha value is -4.48. The average Bonchev–Trinajstić information content (AvgIpc) is 3.27. The standard InChI is InChI=1S/C20H22FN9O6P/c1-4-30(33)37(34,27-32)35-12-15-11-29(20(31)36-15)14-6-7-16(17(21)9-14)13-5-8-18(28(3)10-13)24-19(23-2)25-26-22/h1,5-10,15,18H,11-12H2,2-3H3,(H3,22,23,24,25)/q+1. The molecule has 2 heterocycles. The molecule has 0 saturated carbocycles. The van der Waals surface area contributed by atoms with Gasteiger partial charge >= 0.3 is 13.8 Å². The van der Waals surface area contributed by atoms with Crippen molar-refractivity contribution in [1.82, 2.24) is 10.2 Å². The van der Waals surface area contributed by atoms with Gasteiger partial charge < -0.3 is 20.8 Å². The Labute approximate surface area is 210 Å². The third kappa shape index (κ3) is 6.02. The second-order valence-electron chi connectivity index (χ2n) is 7.51. The molecule has 3 N–H and O–H groups in total. The number of carbonyl (C=O) groups is 1. The van der Waals surface area contributed by atoms with Crippen molar-refractivity contribution >= 4 is 31.0 Å². The number of hydrogen-bond acceptors (Lipinski definition) is 9. The summed E-state index contributed by atoms with van der Waals surface area (Å²) in [6, 6.07) is 5.60. The number of carbonyl (C=O) groups excluding carboxylic acids is 1. The van der Waals surface area contributed by atoms with Crippen molar-refractivity contribution in [2.24, 2.45) is 26.1 Å². The lowest BCUT2D eigenvalue weighted by atomic mass is 10.0. The number of allylic oxidation sites excluding steroid dienone is 2. The number of cyclic esters (lactones) is 1. The Kier molecular flexibility index (Phi) is 8.43. The summed E-state index contributed by atoms with van der Waals surface area (Å²) in [5.74, 6) is 4.66. The quantitative estimate of drug-likeness (QED) is 0.0582. The zero-order valence-corrected chi connectivity index (χ0v) is 20.5. The summed E-state index contributed by atoms with van der Waals surface area (Å²) in [5.41, 5.74) is 1.01. The fraction of sp³-hybridized carbons (Fsp3) is 0.300. The number of nitrogens with one attached hydrogen (secondary N) is 1. The number of likely N-dealkylation sites (N-methyl/N-ethyl adjacent to an activating group) is 1. The third-order valence-electron chi connectivity index (χ3n) is 5.20. The molecule has 37 heavy (non-hydrogen) atoms. The maximum absolute atomic E-state index is 15.1. The van der Waals surface area contributed by atoms with Crippen molar-refractivity contribution in [3.8, 4) is 12.5 Å². The van der Waals surface area contributed by atoms with Crippen LogP contribution in [0.3, 0.4) is 0 Å². The van der Waals surface area contributed by atoms with E-state index in [9.17, 15) is 19.2 Å². The highest BCUT2D eigenvalue weighted by Crippen LogP contribution is 2.48. The number of anilines is 1. The highest BCUT2D eigenvalue weighted by molar-refractivity contribution is 7.50. The van der Waals surface area contributed by atoms with Crippen LogP contribution in [-0.2, 0) is 13.8 Å². The highest BCUT2D eigenvalue weighted by Gasteiger charge is 2.47. The summed E-state index contributed by atoms with van der Waals surface area (Å²) in [6.45, 7) is -0.728. The average molecular weight is 534 g/mol. The highest BCUT2D eigenvalue weighted by atomic mass is 31.2. The van der Waals surface area contributed by atoms with Crippen LogP contribution in [-0.4, -0.2) is 61.0 Å². The van der Waals surface area contributed by atoms with E-state index in [1.807, 2.05) is 0 Å². The number of amides is 1. The first-order chi connectivity index (χ1) is 17.6. The lowest BCUT2D eigenvalue weighted by Gasteiger charge is -2.29. The minimum absolute atomic E-state index is 0.133. The van der Waals surface area contributed by atoms with Crippen molar-refractivity contribution < 1.29 is 27.5 Å². The molecule has 0 bridgehead atoms. The van der Waals surface area contributed by atoms with E-state index in [-0.39, 0.29) is 29.9 Å². The van der Waals surface area contributed by atoms with E-state index < -0.39 is 36.8 Å². The maximum atomic E-state index is 15.1. The fourth-order valence-electron chi connectivity index (χ4n) is 3.40. The van der Waals surface area contributed by atoms with Crippen LogP contribution in [0.1, 0.15) is 5.56 Å². The van der Waals surface area contributed by atoms with Gasteiger partial charge in [0.25, 0.3) is 6.04 Å². The number of benzene rings is 1. The zero-order chi connectivity index (χ0) is 27.2. The van der Waals surface area contributed by atoms with Crippen molar-refractivity contribution in [2.75, 3.05) is 32.1 Å². The molecule has 15 nitrogen and oxygen atoms in total. The van der Waals surface area contributed by atoms with Crippen LogP contribution >= 0.6 is 7.67 Å². The van der Waals surface area contributed by atoms with Gasteiger partial charge in [0, 0.05) is 36.3 Å². The summed E-state index contributed by atoms with van der Waals surface area (Å²) in [4.78, 5) is 43.3. The van der Waals surface area contributed by atoms with E-state index in [0.29, 0.717) is 5.57 Å². The smallest absolute Gasteiger partial charge is 0.441 e. The van der Waals surface area contributed by atoms with Crippen molar-refractivity contribution in [2.45, 2.75) is 12.3 Å². The van der Waals surface area contributed by atoms with Crippen LogP contribution in [0, 0.1) is 28.1 Å². The van der Waals surface area contributed by atoms with Crippen LogP contribution in [0.25, 0.3) is 5.57 Å². The number of nitrogens with two attached hydrogens (primary N) is 1. The largest absolute Gasteiger partial charge is 0.681 e. The molecule has 2 aliphatic rings. The molecule has 0 radical (unpaired) electrons. The van der Waals surface area contributed by atoms with Crippen LogP contribution in [0.2, 0.25) is 0 Å². The molecule has 2 aliphatic heterocycles. The lowest BCUT2D eigenvalue weighted by molar-refractivity contribution is -0.306. The van der Waals surface area contributed by atoms with Gasteiger partial charge in [0.1, 0.15) is 24.7 Å². The third-order valence-corrected chi connectivity index (χ3v) is 6.47. The number of guanidine groups is 1. The van der Waals surface area contributed by atoms with Crippen LogP contribution in [0.4, 0.5) is 14.9 Å². The van der Waals surface area contributed by atoms with Crippen molar-refractivity contribution in [3.05, 3.63) is 57.7 Å². The SMILES string of the molecule is C#C[N+](=O)P(=O)(N=O)OCC1CN(c2ccc(C3=CN(C)C(NC(N=NN)=NC)C=C3)c(F)c2)C(=O)O1. The van der Waals surface area contributed by atoms with E-state index in [1.165, 1.54) is 25.2 Å². The fourth-order valence-corrected chi connectivity index (χ4v) is 4.12. The molecular formula is C20H22FN9O6P+. The van der Waals surface area contributed by atoms with Gasteiger partial charge in [-0.3, -0.25) is 14.4 Å². The van der Waals surface area contributed by atoms with Crippen molar-refractivity contribution in [3.63, 3.8) is 0 Å². The minimum Gasteiger partial charge on any atom is -0.441 e. The number of nitrogens with zero attached hydrogens (tertiary/aromatic N) is 7. The van der Waals surface area contributed by atoms with Gasteiger partial charge in [-0.1, -0.05) is 16.4 Å². The van der Waals surface area contributed by atoms with Crippen molar-refractivity contribution in [1.29, 1.82) is 0 Å². The monoisotopic (exact) mass is 534 g/mol. The molecule has 3 rings (SSSR count). The Morgan fingerprint density at radius 3 is 2.84 bits per heavy atom. The second kappa shape index (κ2) is 11.5. The molecule has 1 aromatic rings. The van der Waals surface area contributed by atoms with Crippen LogP contribution < -0.4 is 16.1 Å². The Balaban J connectivity index is 1.69. The molecule has 0 aliphatic carbocycles. The number of rotatable bonds is 8. The van der Waals surface area contributed by atoms with Crippen LogP contribution in [0.5, 0.6) is 0 Å². The Morgan fingerprint density at radius 1 is 1.49 bits per heavy atom. The molecule has 0 spiro atoms. The predicted octanol–water partition coefficient (Wildman–Crippen LogP) is 2.48. The first-order valence-corrected chi connectivity index (χ1v) is 12.0. The van der Waals surface area contributed by atoms with Gasteiger partial charge in [-0.15, -0.1) is 4.91 Å². The summed E-state index contributed by atoms with van der Waals surface area (Å²) < 4.78 is 36.4. The number of ether oxygens (including phenoxy) is 1. The molecule has 3 atom stereocenters. The van der Waals surface area contributed by atoms with Gasteiger partial charge in [-0.2, -0.15) is 4.57 Å². The van der Waals surface area contributed by atoms with E-state index in [0.717, 1.165) is 11.0 Å². The number of terminal acetylenes is 1. The molecule has 1 amide bonds. The topological polar surface area (TPSA) is 184 Å². The summed E-state index contributed by atoms with van der Waals surface area (Å²) in [5, 5.41) is 9.84. The van der Waals surface area contributed by atoms with E-state index in [1.54, 1.807) is 30.3 Å². The van der Waals surface area contributed by atoms with E-state index in [4.69, 9.17) is 21.5 Å². The van der Waals surface area contributed by atoms with Gasteiger partial charge in [0.2, 0.25) is 5.96 Å². The number of hydrogen-bond donors (Lipinski definition) is 2. The molecule has 3 unspecified atom stereocenters. The van der Waals surface area contributed by atoms with Gasteiger partial charge in [-0.05, 0) is 30.7 Å². The molecule has 194 valence electrons. The second-order valence-corrected chi connectivity index (χ2v) is 9.28. The number of halogens is 1. The van der Waals surface area contributed by atoms with Gasteiger partial charge in [-0.25, -0.2) is 9.18 Å². The Bertz CT molecular complexity index is 1310. The maximum Gasteiger partial charge on any atom is 0.681 e.